The average molecular weight is 287 g/mol. The van der Waals surface area contributed by atoms with Gasteiger partial charge in [0.25, 0.3) is 5.91 Å². The Kier molecular flexibility index (Phi) is 4.61. The molecule has 1 amide bonds. The number of rotatable bonds is 4. The zero-order valence-electron chi connectivity index (χ0n) is 12.5. The summed E-state index contributed by atoms with van der Waals surface area (Å²) in [6, 6.07) is 10.4. The number of thiophene rings is 1. The highest BCUT2D eigenvalue weighted by atomic mass is 32.1. The van der Waals surface area contributed by atoms with Crippen LogP contribution in [-0.4, -0.2) is 5.91 Å². The molecule has 0 bridgehead atoms. The summed E-state index contributed by atoms with van der Waals surface area (Å²) >= 11 is 1.55. The van der Waals surface area contributed by atoms with Crippen molar-refractivity contribution in [3.8, 4) is 0 Å². The van der Waals surface area contributed by atoms with Crippen LogP contribution in [0.2, 0.25) is 0 Å². The minimum Gasteiger partial charge on any atom is -0.345 e. The van der Waals surface area contributed by atoms with Gasteiger partial charge in [-0.25, -0.2) is 0 Å². The predicted octanol–water partition coefficient (Wildman–Crippen LogP) is 4.42. The maximum Gasteiger partial charge on any atom is 0.261 e. The lowest BCUT2D eigenvalue weighted by atomic mass is 10.0. The van der Waals surface area contributed by atoms with E-state index in [1.807, 2.05) is 26.8 Å². The maximum absolute atomic E-state index is 12.2. The number of hydrogen-bond acceptors (Lipinski definition) is 2. The van der Waals surface area contributed by atoms with E-state index in [0.717, 1.165) is 16.9 Å². The van der Waals surface area contributed by atoms with Gasteiger partial charge in [-0.1, -0.05) is 31.2 Å². The third-order valence-electron chi connectivity index (χ3n) is 3.63. The molecule has 2 nitrogen and oxygen atoms in total. The third-order valence-corrected chi connectivity index (χ3v) is 4.78. The molecule has 3 heteroatoms. The fourth-order valence-electron chi connectivity index (χ4n) is 2.08. The van der Waals surface area contributed by atoms with Gasteiger partial charge in [-0.2, -0.15) is 0 Å². The molecule has 0 aliphatic carbocycles. The van der Waals surface area contributed by atoms with Crippen molar-refractivity contribution < 1.29 is 4.79 Å². The molecule has 2 rings (SSSR count). The van der Waals surface area contributed by atoms with E-state index in [0.29, 0.717) is 0 Å². The standard InChI is InChI=1S/C17H21NOS/c1-5-14-6-8-15(9-7-14)12(3)18-17(19)16-10-11(2)13(4)20-16/h6-10,12H,5H2,1-4H3,(H,18,19). The molecule has 0 fully saturated rings. The maximum atomic E-state index is 12.2. The first-order chi connectivity index (χ1) is 9.51. The fourth-order valence-corrected chi connectivity index (χ4v) is 3.02. The number of aryl methyl sites for hydroxylation is 3. The molecule has 0 saturated carbocycles. The second-order valence-corrected chi connectivity index (χ2v) is 6.40. The highest BCUT2D eigenvalue weighted by Crippen LogP contribution is 2.22. The number of carbonyl (C=O) groups is 1. The molecule has 1 N–H and O–H groups in total. The first-order valence-corrected chi connectivity index (χ1v) is 7.79. The van der Waals surface area contributed by atoms with Gasteiger partial charge in [0, 0.05) is 4.88 Å². The molecule has 1 unspecified atom stereocenters. The molecular weight excluding hydrogens is 266 g/mol. The molecule has 0 spiro atoms. The summed E-state index contributed by atoms with van der Waals surface area (Å²) in [5.41, 5.74) is 3.64. The molecule has 1 atom stereocenters. The van der Waals surface area contributed by atoms with Crippen LogP contribution in [0.3, 0.4) is 0 Å². The van der Waals surface area contributed by atoms with Crippen molar-refractivity contribution >= 4 is 17.2 Å². The molecule has 0 radical (unpaired) electrons. The van der Waals surface area contributed by atoms with E-state index in [4.69, 9.17) is 0 Å². The van der Waals surface area contributed by atoms with Gasteiger partial charge >= 0.3 is 0 Å². The van der Waals surface area contributed by atoms with E-state index in [1.165, 1.54) is 16.0 Å². The lowest BCUT2D eigenvalue weighted by Gasteiger charge is -2.14. The number of amides is 1. The minimum absolute atomic E-state index is 0.0123. The topological polar surface area (TPSA) is 29.1 Å². The largest absolute Gasteiger partial charge is 0.345 e. The van der Waals surface area contributed by atoms with E-state index in [1.54, 1.807) is 11.3 Å². The van der Waals surface area contributed by atoms with Crippen molar-refractivity contribution in [1.82, 2.24) is 5.32 Å². The third kappa shape index (κ3) is 3.28. The van der Waals surface area contributed by atoms with Gasteiger partial charge in [0.15, 0.2) is 0 Å². The lowest BCUT2D eigenvalue weighted by molar-refractivity contribution is 0.0944. The molecule has 0 aliphatic heterocycles. The SMILES string of the molecule is CCc1ccc(C(C)NC(=O)c2cc(C)c(C)s2)cc1. The number of nitrogens with one attached hydrogen (secondary N) is 1. The highest BCUT2D eigenvalue weighted by molar-refractivity contribution is 7.14. The van der Waals surface area contributed by atoms with Crippen LogP contribution in [0.25, 0.3) is 0 Å². The van der Waals surface area contributed by atoms with Gasteiger partial charge in [-0.3, -0.25) is 4.79 Å². The predicted molar refractivity (Wildman–Crippen MR) is 85.5 cm³/mol. The van der Waals surface area contributed by atoms with Gasteiger partial charge in [0.2, 0.25) is 0 Å². The smallest absolute Gasteiger partial charge is 0.261 e. The van der Waals surface area contributed by atoms with Gasteiger partial charge in [-0.05, 0) is 49.9 Å². The second-order valence-electron chi connectivity index (χ2n) is 5.14. The van der Waals surface area contributed by atoms with Crippen LogP contribution in [0.15, 0.2) is 30.3 Å². The van der Waals surface area contributed by atoms with Crippen LogP contribution >= 0.6 is 11.3 Å². The summed E-state index contributed by atoms with van der Waals surface area (Å²) in [6.07, 6.45) is 1.04. The second kappa shape index (κ2) is 6.23. The number of benzene rings is 1. The van der Waals surface area contributed by atoms with Crippen molar-refractivity contribution in [3.63, 3.8) is 0 Å². The van der Waals surface area contributed by atoms with Crippen LogP contribution in [0.4, 0.5) is 0 Å². The first-order valence-electron chi connectivity index (χ1n) is 6.98. The Balaban J connectivity index is 2.06. The van der Waals surface area contributed by atoms with Gasteiger partial charge < -0.3 is 5.32 Å². The average Bonchev–Trinajstić information content (AvgIpc) is 2.79. The first kappa shape index (κ1) is 14.8. The highest BCUT2D eigenvalue weighted by Gasteiger charge is 2.14. The molecular formula is C17H21NOS. The summed E-state index contributed by atoms with van der Waals surface area (Å²) in [5.74, 6) is 0.0123. The van der Waals surface area contributed by atoms with Gasteiger partial charge in [0.05, 0.1) is 10.9 Å². The Hall–Kier alpha value is -1.61. The van der Waals surface area contributed by atoms with E-state index in [9.17, 15) is 4.79 Å². The van der Waals surface area contributed by atoms with Crippen molar-refractivity contribution in [1.29, 1.82) is 0 Å². The Morgan fingerprint density at radius 2 is 1.90 bits per heavy atom. The minimum atomic E-state index is 0.0123. The molecule has 0 aliphatic rings. The number of carbonyl (C=O) groups excluding carboxylic acids is 1. The van der Waals surface area contributed by atoms with E-state index in [2.05, 4.69) is 36.5 Å². The summed E-state index contributed by atoms with van der Waals surface area (Å²) in [7, 11) is 0. The Bertz CT molecular complexity index is 578. The van der Waals surface area contributed by atoms with E-state index in [-0.39, 0.29) is 11.9 Å². The Morgan fingerprint density at radius 3 is 2.40 bits per heavy atom. The van der Waals surface area contributed by atoms with Crippen LogP contribution in [0.1, 0.15) is 51.1 Å². The Morgan fingerprint density at radius 1 is 1.25 bits per heavy atom. The zero-order chi connectivity index (χ0) is 14.7. The molecule has 1 heterocycles. The molecule has 1 aromatic carbocycles. The molecule has 20 heavy (non-hydrogen) atoms. The van der Waals surface area contributed by atoms with Gasteiger partial charge in [0.1, 0.15) is 0 Å². The van der Waals surface area contributed by atoms with Crippen LogP contribution in [0.5, 0.6) is 0 Å². The fraction of sp³-hybridized carbons (Fsp3) is 0.353. The summed E-state index contributed by atoms with van der Waals surface area (Å²) in [5, 5.41) is 3.06. The van der Waals surface area contributed by atoms with Crippen molar-refractivity contribution in [2.75, 3.05) is 0 Å². The van der Waals surface area contributed by atoms with E-state index < -0.39 is 0 Å². The molecule has 1 aromatic heterocycles. The summed E-state index contributed by atoms with van der Waals surface area (Å²) < 4.78 is 0. The van der Waals surface area contributed by atoms with Crippen molar-refractivity contribution in [2.24, 2.45) is 0 Å². The van der Waals surface area contributed by atoms with E-state index >= 15 is 0 Å². The normalized spacial score (nSPS) is 12.2. The van der Waals surface area contributed by atoms with Crippen molar-refractivity contribution in [3.05, 3.63) is 56.8 Å². The summed E-state index contributed by atoms with van der Waals surface area (Å²) in [4.78, 5) is 14.2. The summed E-state index contributed by atoms with van der Waals surface area (Å²) in [6.45, 7) is 8.24. The number of hydrogen-bond donors (Lipinski definition) is 1. The molecule has 2 aromatic rings. The van der Waals surface area contributed by atoms with Crippen molar-refractivity contribution in [2.45, 2.75) is 40.2 Å². The van der Waals surface area contributed by atoms with Crippen LogP contribution in [-0.2, 0) is 6.42 Å². The van der Waals surface area contributed by atoms with Crippen LogP contribution in [0, 0.1) is 13.8 Å². The molecule has 0 saturated heterocycles. The van der Waals surface area contributed by atoms with Gasteiger partial charge in [-0.15, -0.1) is 11.3 Å². The zero-order valence-corrected chi connectivity index (χ0v) is 13.3. The van der Waals surface area contributed by atoms with Crippen LogP contribution < -0.4 is 5.32 Å². The Labute approximate surface area is 124 Å². The molecule has 106 valence electrons. The lowest BCUT2D eigenvalue weighted by Crippen LogP contribution is -2.25. The quantitative estimate of drug-likeness (QED) is 0.886. The monoisotopic (exact) mass is 287 g/mol.